The second-order valence-electron chi connectivity index (χ2n) is 14.6. The average Bonchev–Trinajstić information content (AvgIpc) is 2.78. The Morgan fingerprint density at radius 3 is 0.844 bits per heavy atom. The SMILES string of the molecule is CC(C)(C)[PH+](Cc1ccc(S(=O)(=O)[O-])cc1)C(C)(C)C.CC(C)(C)[PH+](Cc1ccc(S(=O)(=O)[O-])cc1)C(C)(C)C.[Cl][Pd][Cl].[Na+].[Na+]. The molecule has 0 amide bonds. The molecule has 0 aliphatic carbocycles. The summed E-state index contributed by atoms with van der Waals surface area (Å²) in [6, 6.07) is 12.8. The zero-order valence-electron chi connectivity index (χ0n) is 29.4. The van der Waals surface area contributed by atoms with Crippen LogP contribution in [0.1, 0.15) is 94.2 Å². The molecule has 252 valence electrons. The predicted molar refractivity (Wildman–Crippen MR) is 184 cm³/mol. The monoisotopic (exact) mass is 854 g/mol. The molecular weight excluding hydrogens is 806 g/mol. The Morgan fingerprint density at radius 1 is 0.533 bits per heavy atom. The summed E-state index contributed by atoms with van der Waals surface area (Å²) in [5.41, 5.74) is 2.22. The van der Waals surface area contributed by atoms with Crippen molar-refractivity contribution < 1.29 is 101 Å². The van der Waals surface area contributed by atoms with Crippen molar-refractivity contribution >= 4 is 55.1 Å². The van der Waals surface area contributed by atoms with Crippen LogP contribution < -0.4 is 59.1 Å². The van der Waals surface area contributed by atoms with Gasteiger partial charge in [0, 0.05) is 15.8 Å². The number of benzene rings is 2. The first-order valence-electron chi connectivity index (χ1n) is 13.7. The van der Waals surface area contributed by atoms with Gasteiger partial charge in [-0.1, -0.05) is 24.3 Å². The fraction of sp³-hybridized carbons (Fsp3) is 0.600. The van der Waals surface area contributed by atoms with E-state index in [0.29, 0.717) is 0 Å². The van der Waals surface area contributed by atoms with Gasteiger partial charge in [-0.15, -0.1) is 0 Å². The maximum atomic E-state index is 10.9. The number of hydrogen-bond donors (Lipinski definition) is 0. The van der Waals surface area contributed by atoms with Crippen molar-refractivity contribution in [2.75, 3.05) is 0 Å². The Bertz CT molecular complexity index is 1220. The van der Waals surface area contributed by atoms with Gasteiger partial charge < -0.3 is 9.11 Å². The summed E-state index contributed by atoms with van der Waals surface area (Å²) in [6.07, 6.45) is 1.94. The van der Waals surface area contributed by atoms with Gasteiger partial charge >= 0.3 is 94.1 Å². The Morgan fingerprint density at radius 2 is 0.711 bits per heavy atom. The molecule has 2 rings (SSSR count). The van der Waals surface area contributed by atoms with E-state index in [1.54, 1.807) is 24.3 Å². The summed E-state index contributed by atoms with van der Waals surface area (Å²) in [7, 11) is -0.472. The molecule has 0 saturated carbocycles. The third kappa shape index (κ3) is 20.7. The largest absolute Gasteiger partial charge is 1.00 e. The molecule has 6 nitrogen and oxygen atoms in total. The van der Waals surface area contributed by atoms with Crippen molar-refractivity contribution in [1.82, 2.24) is 0 Å². The molecule has 0 fully saturated rings. The summed E-state index contributed by atoms with van der Waals surface area (Å²) in [6.45, 7) is 27.2. The maximum Gasteiger partial charge on any atom is 1.00 e. The second kappa shape index (κ2) is 21.0. The minimum atomic E-state index is -4.35. The van der Waals surface area contributed by atoms with Crippen molar-refractivity contribution in [2.24, 2.45) is 0 Å². The van der Waals surface area contributed by atoms with Gasteiger partial charge in [0.2, 0.25) is 0 Å². The maximum absolute atomic E-state index is 10.9. The van der Waals surface area contributed by atoms with Crippen molar-refractivity contribution in [3.8, 4) is 0 Å². The normalized spacial score (nSPS) is 12.8. The van der Waals surface area contributed by atoms with E-state index < -0.39 is 36.1 Å². The molecule has 0 spiro atoms. The van der Waals surface area contributed by atoms with Gasteiger partial charge in [-0.05, 0) is 118 Å². The van der Waals surface area contributed by atoms with Crippen molar-refractivity contribution in [1.29, 1.82) is 0 Å². The summed E-state index contributed by atoms with van der Waals surface area (Å²) in [5.74, 6) is 0. The van der Waals surface area contributed by atoms with Crippen LogP contribution in [0.2, 0.25) is 0 Å². The summed E-state index contributed by atoms with van der Waals surface area (Å²) >= 11 is -0.106. The molecule has 0 aromatic heterocycles. The number of halogens is 2. The van der Waals surface area contributed by atoms with Crippen LogP contribution in [0.25, 0.3) is 0 Å². The van der Waals surface area contributed by atoms with Gasteiger partial charge in [0.15, 0.2) is 0 Å². The molecule has 0 unspecified atom stereocenters. The van der Waals surface area contributed by atoms with Gasteiger partial charge in [-0.3, -0.25) is 0 Å². The van der Waals surface area contributed by atoms with E-state index in [1.807, 2.05) is 0 Å². The van der Waals surface area contributed by atoms with E-state index in [9.17, 15) is 25.9 Å². The molecular formula is C30H50Cl2Na2O6P2PdS2+2. The Balaban J connectivity index is -0.000000692. The van der Waals surface area contributed by atoms with Crippen LogP contribution >= 0.6 is 34.9 Å². The fourth-order valence-corrected chi connectivity index (χ4v) is 14.1. The molecule has 0 N–H and O–H groups in total. The van der Waals surface area contributed by atoms with Crippen LogP contribution in [0.15, 0.2) is 58.3 Å². The second-order valence-corrected chi connectivity index (χ2v) is 28.3. The number of rotatable bonds is 6. The fourth-order valence-electron chi connectivity index (χ4n) is 5.27. The van der Waals surface area contributed by atoms with Crippen molar-refractivity contribution in [2.45, 2.75) is 126 Å². The van der Waals surface area contributed by atoms with E-state index in [2.05, 4.69) is 83.1 Å². The summed E-state index contributed by atoms with van der Waals surface area (Å²) in [5, 5.41) is 1.02. The predicted octanol–water partition coefficient (Wildman–Crippen LogP) is 3.19. The first-order valence-corrected chi connectivity index (χ1v) is 23.9. The molecule has 0 aliphatic rings. The van der Waals surface area contributed by atoms with E-state index in [1.165, 1.54) is 24.3 Å². The molecule has 0 radical (unpaired) electrons. The van der Waals surface area contributed by atoms with Gasteiger partial charge in [0.1, 0.15) is 20.2 Å². The number of hydrogen-bond acceptors (Lipinski definition) is 6. The minimum Gasteiger partial charge on any atom is 1.00 e. The van der Waals surface area contributed by atoms with Crippen LogP contribution in [-0.2, 0) is 48.5 Å². The third-order valence-electron chi connectivity index (χ3n) is 6.81. The van der Waals surface area contributed by atoms with Crippen LogP contribution in [0.5, 0.6) is 0 Å². The van der Waals surface area contributed by atoms with E-state index in [4.69, 9.17) is 19.1 Å². The first kappa shape index (κ1) is 51.7. The van der Waals surface area contributed by atoms with E-state index in [0.717, 1.165) is 23.5 Å². The topological polar surface area (TPSA) is 114 Å². The van der Waals surface area contributed by atoms with E-state index in [-0.39, 0.29) is 105 Å². The molecule has 0 heterocycles. The van der Waals surface area contributed by atoms with Gasteiger partial charge in [-0.25, -0.2) is 16.8 Å². The Labute approximate surface area is 337 Å². The van der Waals surface area contributed by atoms with Crippen molar-refractivity contribution in [3.05, 3.63) is 59.7 Å². The van der Waals surface area contributed by atoms with Crippen LogP contribution in [0, 0.1) is 0 Å². The van der Waals surface area contributed by atoms with Gasteiger partial charge in [-0.2, -0.15) is 0 Å². The molecule has 0 atom stereocenters. The van der Waals surface area contributed by atoms with Gasteiger partial charge in [0.25, 0.3) is 0 Å². The molecule has 2 aromatic carbocycles. The quantitative estimate of drug-likeness (QED) is 0.251. The Kier molecular flexibility index (Phi) is 24.2. The Hall–Kier alpha value is 2.36. The van der Waals surface area contributed by atoms with E-state index >= 15 is 0 Å². The third-order valence-corrected chi connectivity index (χ3v) is 17.3. The molecule has 2 aromatic rings. The van der Waals surface area contributed by atoms with Gasteiger partial charge in [0.05, 0.1) is 42.7 Å². The van der Waals surface area contributed by atoms with Crippen molar-refractivity contribution in [3.63, 3.8) is 0 Å². The molecule has 0 saturated heterocycles. The minimum absolute atomic E-state index is 0. The van der Waals surface area contributed by atoms with Crippen LogP contribution in [0.3, 0.4) is 0 Å². The zero-order valence-corrected chi connectivity index (χ0v) is 40.1. The summed E-state index contributed by atoms with van der Waals surface area (Å²) < 4.78 is 65.6. The smallest absolute Gasteiger partial charge is 1.00 e. The standard InChI is InChI=1S/2C15H25O3PS.2ClH.2Na.Pd/c2*1-14(2,3)19(15(4,5)6)11-12-7-9-13(10-8-12)20(16,17)18;;;;;/h2*7-10H,11H2,1-6H3,(H,16,17,18);2*1H;;;/q;;;;2*+1;+2/p-2. The summed E-state index contributed by atoms with van der Waals surface area (Å²) in [4.78, 5) is -0.303. The average molecular weight is 856 g/mol. The van der Waals surface area contributed by atoms with Crippen LogP contribution in [-0.4, -0.2) is 46.6 Å². The molecule has 0 bridgehead atoms. The molecule has 0 aliphatic heterocycles. The molecule has 45 heavy (non-hydrogen) atoms. The van der Waals surface area contributed by atoms with Crippen LogP contribution in [0.4, 0.5) is 0 Å². The molecule has 15 heteroatoms. The first-order chi connectivity index (χ1) is 19.0. The zero-order chi connectivity index (χ0) is 34.2.